The normalized spacial score (nSPS) is 11.1. The number of nitrogens with zero attached hydrogens (tertiary/aromatic N) is 2. The Morgan fingerprint density at radius 1 is 1.38 bits per heavy atom. The zero-order chi connectivity index (χ0) is 19.1. The minimum absolute atomic E-state index is 0.0684. The maximum Gasteiger partial charge on any atom is 0.244 e. The van der Waals surface area contributed by atoms with Gasteiger partial charge in [-0.2, -0.15) is 5.10 Å². The minimum Gasteiger partial charge on any atom is -0.354 e. The molecule has 1 heterocycles. The molecule has 2 amide bonds. The standard InChI is InChI=1S/C18H20BrFN4O2/c1-12(2)23-18(26)7-8-21-17(25)6-4-13-3-5-16(15(20)9-13)24-11-14(19)10-22-24/h3-6,9-12H,7-8H2,1-2H3,(H,21,25)(H,23,26)/b6-4+. The minimum atomic E-state index is -0.450. The summed E-state index contributed by atoms with van der Waals surface area (Å²) in [7, 11) is 0. The Kier molecular flexibility index (Phi) is 7.08. The van der Waals surface area contributed by atoms with Crippen LogP contribution < -0.4 is 10.6 Å². The summed E-state index contributed by atoms with van der Waals surface area (Å²) < 4.78 is 16.4. The first-order valence-electron chi connectivity index (χ1n) is 8.10. The van der Waals surface area contributed by atoms with Crippen LogP contribution in [0, 0.1) is 5.82 Å². The molecule has 2 N–H and O–H groups in total. The molecule has 1 aromatic carbocycles. The highest BCUT2D eigenvalue weighted by atomic mass is 79.9. The third kappa shape index (κ3) is 6.11. The molecule has 2 aromatic rings. The van der Waals surface area contributed by atoms with Crippen LogP contribution in [-0.2, 0) is 9.59 Å². The van der Waals surface area contributed by atoms with Crippen molar-refractivity contribution in [2.24, 2.45) is 0 Å². The number of nitrogens with one attached hydrogen (secondary N) is 2. The van der Waals surface area contributed by atoms with Crippen LogP contribution >= 0.6 is 15.9 Å². The Hall–Kier alpha value is -2.48. The van der Waals surface area contributed by atoms with E-state index in [4.69, 9.17) is 0 Å². The van der Waals surface area contributed by atoms with Gasteiger partial charge in [0.15, 0.2) is 0 Å². The van der Waals surface area contributed by atoms with Crippen LogP contribution in [0.15, 0.2) is 41.1 Å². The third-order valence-corrected chi connectivity index (χ3v) is 3.71. The van der Waals surface area contributed by atoms with Crippen molar-refractivity contribution in [3.05, 3.63) is 52.5 Å². The van der Waals surface area contributed by atoms with Crippen molar-refractivity contribution in [2.75, 3.05) is 6.54 Å². The highest BCUT2D eigenvalue weighted by molar-refractivity contribution is 9.10. The molecule has 0 saturated heterocycles. The predicted molar refractivity (Wildman–Crippen MR) is 101 cm³/mol. The highest BCUT2D eigenvalue weighted by Gasteiger charge is 2.07. The van der Waals surface area contributed by atoms with Crippen LogP contribution in [-0.4, -0.2) is 34.2 Å². The van der Waals surface area contributed by atoms with E-state index in [0.717, 1.165) is 4.47 Å². The van der Waals surface area contributed by atoms with E-state index < -0.39 is 5.82 Å². The lowest BCUT2D eigenvalue weighted by Gasteiger charge is -2.08. The first kappa shape index (κ1) is 19.8. The number of carbonyl (C=O) groups is 2. The number of hydrogen-bond donors (Lipinski definition) is 2. The SMILES string of the molecule is CC(C)NC(=O)CCNC(=O)/C=C/c1ccc(-n2cc(Br)cn2)c(F)c1. The number of benzene rings is 1. The Morgan fingerprint density at radius 2 is 2.15 bits per heavy atom. The van der Waals surface area contributed by atoms with E-state index in [1.165, 1.54) is 22.9 Å². The molecule has 0 aliphatic heterocycles. The van der Waals surface area contributed by atoms with Gasteiger partial charge in [-0.3, -0.25) is 9.59 Å². The maximum atomic E-state index is 14.2. The monoisotopic (exact) mass is 422 g/mol. The largest absolute Gasteiger partial charge is 0.354 e. The summed E-state index contributed by atoms with van der Waals surface area (Å²) in [5, 5.41) is 9.38. The van der Waals surface area contributed by atoms with Crippen LogP contribution in [0.5, 0.6) is 0 Å². The summed E-state index contributed by atoms with van der Waals surface area (Å²) in [6, 6.07) is 4.67. The molecule has 0 fully saturated rings. The summed E-state index contributed by atoms with van der Waals surface area (Å²) in [4.78, 5) is 23.2. The van der Waals surface area contributed by atoms with Gasteiger partial charge in [0.2, 0.25) is 11.8 Å². The maximum absolute atomic E-state index is 14.2. The molecule has 6 nitrogen and oxygen atoms in total. The molecule has 0 aliphatic carbocycles. The molecule has 0 radical (unpaired) electrons. The van der Waals surface area contributed by atoms with Gasteiger partial charge in [0.1, 0.15) is 11.5 Å². The van der Waals surface area contributed by atoms with Gasteiger partial charge in [0.05, 0.1) is 10.7 Å². The molecule has 0 atom stereocenters. The quantitative estimate of drug-likeness (QED) is 0.673. The topological polar surface area (TPSA) is 76.0 Å². The van der Waals surface area contributed by atoms with E-state index >= 15 is 0 Å². The zero-order valence-electron chi connectivity index (χ0n) is 14.5. The Labute approximate surface area is 159 Å². The fourth-order valence-corrected chi connectivity index (χ4v) is 2.45. The van der Waals surface area contributed by atoms with Gasteiger partial charge in [-0.05, 0) is 53.5 Å². The van der Waals surface area contributed by atoms with Crippen molar-refractivity contribution in [3.63, 3.8) is 0 Å². The average molecular weight is 423 g/mol. The lowest BCUT2D eigenvalue weighted by Crippen LogP contribution is -2.33. The molecule has 0 unspecified atom stereocenters. The molecule has 0 bridgehead atoms. The summed E-state index contributed by atoms with van der Waals surface area (Å²) in [6.07, 6.45) is 6.24. The highest BCUT2D eigenvalue weighted by Crippen LogP contribution is 2.17. The summed E-state index contributed by atoms with van der Waals surface area (Å²) in [5.41, 5.74) is 0.860. The third-order valence-electron chi connectivity index (χ3n) is 3.30. The molecular weight excluding hydrogens is 403 g/mol. The number of rotatable bonds is 7. The Morgan fingerprint density at radius 3 is 2.77 bits per heavy atom. The molecule has 0 aliphatic rings. The van der Waals surface area contributed by atoms with Gasteiger partial charge in [0, 0.05) is 31.3 Å². The lowest BCUT2D eigenvalue weighted by molar-refractivity contribution is -0.121. The molecule has 26 heavy (non-hydrogen) atoms. The Balaban J connectivity index is 1.88. The van der Waals surface area contributed by atoms with Crippen LogP contribution in [0.4, 0.5) is 4.39 Å². The van der Waals surface area contributed by atoms with Gasteiger partial charge >= 0.3 is 0 Å². The van der Waals surface area contributed by atoms with E-state index in [1.54, 1.807) is 24.5 Å². The molecule has 0 saturated carbocycles. The number of halogens is 2. The van der Waals surface area contributed by atoms with Gasteiger partial charge in [0.25, 0.3) is 0 Å². The van der Waals surface area contributed by atoms with Crippen molar-refractivity contribution in [1.82, 2.24) is 20.4 Å². The molecule has 138 valence electrons. The number of carbonyl (C=O) groups excluding carboxylic acids is 2. The van der Waals surface area contributed by atoms with Crippen molar-refractivity contribution < 1.29 is 14.0 Å². The van der Waals surface area contributed by atoms with E-state index in [-0.39, 0.29) is 30.8 Å². The predicted octanol–water partition coefficient (Wildman–Crippen LogP) is 2.82. The van der Waals surface area contributed by atoms with Crippen molar-refractivity contribution in [3.8, 4) is 5.69 Å². The van der Waals surface area contributed by atoms with Crippen molar-refractivity contribution in [2.45, 2.75) is 26.3 Å². The second-order valence-electron chi connectivity index (χ2n) is 5.91. The van der Waals surface area contributed by atoms with Crippen LogP contribution in [0.1, 0.15) is 25.8 Å². The lowest BCUT2D eigenvalue weighted by atomic mass is 10.2. The average Bonchev–Trinajstić information content (AvgIpc) is 2.98. The van der Waals surface area contributed by atoms with Gasteiger partial charge in [-0.1, -0.05) is 6.07 Å². The molecule has 2 rings (SSSR count). The molecule has 0 spiro atoms. The fourth-order valence-electron chi connectivity index (χ4n) is 2.17. The fraction of sp³-hybridized carbons (Fsp3) is 0.278. The molecule has 1 aromatic heterocycles. The second-order valence-corrected chi connectivity index (χ2v) is 6.83. The summed E-state index contributed by atoms with van der Waals surface area (Å²) in [6.45, 7) is 3.98. The van der Waals surface area contributed by atoms with Crippen LogP contribution in [0.2, 0.25) is 0 Å². The van der Waals surface area contributed by atoms with Crippen molar-refractivity contribution >= 4 is 33.8 Å². The summed E-state index contributed by atoms with van der Waals surface area (Å²) >= 11 is 3.26. The first-order valence-corrected chi connectivity index (χ1v) is 8.90. The molecule has 8 heteroatoms. The molecular formula is C18H20BrFN4O2. The number of hydrogen-bond acceptors (Lipinski definition) is 3. The summed E-state index contributed by atoms with van der Waals surface area (Å²) in [5.74, 6) is -0.913. The zero-order valence-corrected chi connectivity index (χ0v) is 16.1. The van der Waals surface area contributed by atoms with E-state index in [9.17, 15) is 14.0 Å². The van der Waals surface area contributed by atoms with E-state index in [0.29, 0.717) is 11.3 Å². The first-order chi connectivity index (χ1) is 12.3. The van der Waals surface area contributed by atoms with Gasteiger partial charge < -0.3 is 10.6 Å². The van der Waals surface area contributed by atoms with Gasteiger partial charge in [-0.25, -0.2) is 9.07 Å². The van der Waals surface area contributed by atoms with E-state index in [1.807, 2.05) is 13.8 Å². The van der Waals surface area contributed by atoms with Crippen LogP contribution in [0.25, 0.3) is 11.8 Å². The number of amides is 2. The second kappa shape index (κ2) is 9.28. The Bertz CT molecular complexity index is 817. The number of aromatic nitrogens is 2. The van der Waals surface area contributed by atoms with Crippen LogP contribution in [0.3, 0.4) is 0 Å². The van der Waals surface area contributed by atoms with E-state index in [2.05, 4.69) is 31.7 Å². The van der Waals surface area contributed by atoms with Gasteiger partial charge in [-0.15, -0.1) is 0 Å². The smallest absolute Gasteiger partial charge is 0.244 e. The van der Waals surface area contributed by atoms with Crippen molar-refractivity contribution in [1.29, 1.82) is 0 Å².